The van der Waals surface area contributed by atoms with Crippen molar-refractivity contribution in [2.45, 2.75) is 13.5 Å². The summed E-state index contributed by atoms with van der Waals surface area (Å²) in [5.41, 5.74) is 2.20. The van der Waals surface area contributed by atoms with Gasteiger partial charge in [0.05, 0.1) is 18.1 Å². The summed E-state index contributed by atoms with van der Waals surface area (Å²) in [4.78, 5) is 24.4. The standard InChI is InChI=1S/C18H21N3O4/c1-14-11-16(21(24)25)7-8-17(14)19-18(23)13-20(9-10-22)12-15-5-3-2-4-6-15/h2-8,11,22H,9-10,12-13H2,1H3,(H,19,23). The number of benzene rings is 2. The first-order valence-corrected chi connectivity index (χ1v) is 7.91. The Bertz CT molecular complexity index is 734. The van der Waals surface area contributed by atoms with Crippen molar-refractivity contribution in [1.29, 1.82) is 0 Å². The molecule has 0 aromatic heterocycles. The highest BCUT2D eigenvalue weighted by Crippen LogP contribution is 2.21. The second-order valence-corrected chi connectivity index (χ2v) is 5.72. The lowest BCUT2D eigenvalue weighted by Crippen LogP contribution is -2.35. The van der Waals surface area contributed by atoms with Gasteiger partial charge in [-0.2, -0.15) is 0 Å². The number of rotatable bonds is 8. The van der Waals surface area contributed by atoms with Crippen molar-refractivity contribution in [3.8, 4) is 0 Å². The first kappa shape index (κ1) is 18.6. The van der Waals surface area contributed by atoms with Gasteiger partial charge in [0, 0.05) is 30.9 Å². The third kappa shape index (κ3) is 5.66. The van der Waals surface area contributed by atoms with E-state index in [-0.39, 0.29) is 24.7 Å². The van der Waals surface area contributed by atoms with Crippen molar-refractivity contribution in [3.05, 3.63) is 69.8 Å². The van der Waals surface area contributed by atoms with Crippen LogP contribution in [0.1, 0.15) is 11.1 Å². The lowest BCUT2D eigenvalue weighted by atomic mass is 10.1. The number of carbonyl (C=O) groups excluding carboxylic acids is 1. The number of hydrogen-bond donors (Lipinski definition) is 2. The molecule has 0 radical (unpaired) electrons. The van der Waals surface area contributed by atoms with Crippen LogP contribution in [0.2, 0.25) is 0 Å². The largest absolute Gasteiger partial charge is 0.395 e. The van der Waals surface area contributed by atoms with Gasteiger partial charge in [0.1, 0.15) is 0 Å². The van der Waals surface area contributed by atoms with Crippen LogP contribution in [0.5, 0.6) is 0 Å². The van der Waals surface area contributed by atoms with Crippen molar-refractivity contribution in [2.24, 2.45) is 0 Å². The summed E-state index contributed by atoms with van der Waals surface area (Å²) in [7, 11) is 0. The Kier molecular flexibility index (Phi) is 6.62. The van der Waals surface area contributed by atoms with Gasteiger partial charge in [0.15, 0.2) is 0 Å². The molecule has 0 aliphatic rings. The van der Waals surface area contributed by atoms with Gasteiger partial charge in [0.2, 0.25) is 5.91 Å². The number of nitro benzene ring substituents is 1. The molecular weight excluding hydrogens is 322 g/mol. The number of hydrogen-bond acceptors (Lipinski definition) is 5. The highest BCUT2D eigenvalue weighted by atomic mass is 16.6. The molecule has 2 rings (SSSR count). The minimum atomic E-state index is -0.471. The van der Waals surface area contributed by atoms with Crippen LogP contribution in [-0.4, -0.2) is 40.5 Å². The molecule has 0 spiro atoms. The van der Waals surface area contributed by atoms with E-state index in [0.29, 0.717) is 24.3 Å². The zero-order valence-electron chi connectivity index (χ0n) is 14.0. The van der Waals surface area contributed by atoms with Crippen LogP contribution in [0.4, 0.5) is 11.4 Å². The fourth-order valence-corrected chi connectivity index (χ4v) is 2.49. The molecule has 0 aliphatic carbocycles. The Morgan fingerprint density at radius 2 is 1.96 bits per heavy atom. The maximum atomic E-state index is 12.3. The topological polar surface area (TPSA) is 95.7 Å². The summed E-state index contributed by atoms with van der Waals surface area (Å²) in [5.74, 6) is -0.235. The van der Waals surface area contributed by atoms with Crippen molar-refractivity contribution < 1.29 is 14.8 Å². The molecule has 0 fully saturated rings. The van der Waals surface area contributed by atoms with Gasteiger partial charge in [0.25, 0.3) is 5.69 Å². The van der Waals surface area contributed by atoms with Crippen molar-refractivity contribution in [3.63, 3.8) is 0 Å². The number of nitro groups is 1. The predicted octanol–water partition coefficient (Wildman–Crippen LogP) is 2.34. The first-order chi connectivity index (χ1) is 12.0. The third-order valence-electron chi connectivity index (χ3n) is 3.73. The van der Waals surface area contributed by atoms with Gasteiger partial charge in [-0.3, -0.25) is 19.8 Å². The highest BCUT2D eigenvalue weighted by molar-refractivity contribution is 5.93. The Morgan fingerprint density at radius 1 is 1.24 bits per heavy atom. The third-order valence-corrected chi connectivity index (χ3v) is 3.73. The van der Waals surface area contributed by atoms with Gasteiger partial charge in [-0.15, -0.1) is 0 Å². The fraction of sp³-hybridized carbons (Fsp3) is 0.278. The lowest BCUT2D eigenvalue weighted by Gasteiger charge is -2.21. The number of non-ortho nitro benzene ring substituents is 1. The number of nitrogens with one attached hydrogen (secondary N) is 1. The van der Waals surface area contributed by atoms with E-state index in [1.54, 1.807) is 6.92 Å². The van der Waals surface area contributed by atoms with E-state index in [1.165, 1.54) is 18.2 Å². The number of nitrogens with zero attached hydrogens (tertiary/aromatic N) is 2. The summed E-state index contributed by atoms with van der Waals surface area (Å²) in [6, 6.07) is 14.0. The van der Waals surface area contributed by atoms with Gasteiger partial charge < -0.3 is 10.4 Å². The van der Waals surface area contributed by atoms with E-state index in [2.05, 4.69) is 5.32 Å². The zero-order chi connectivity index (χ0) is 18.2. The minimum absolute atomic E-state index is 0.0125. The average Bonchev–Trinajstić information content (AvgIpc) is 2.57. The molecule has 132 valence electrons. The van der Waals surface area contributed by atoms with Crippen LogP contribution in [-0.2, 0) is 11.3 Å². The van der Waals surface area contributed by atoms with E-state index in [9.17, 15) is 20.0 Å². The van der Waals surface area contributed by atoms with Crippen LogP contribution in [0.15, 0.2) is 48.5 Å². The molecule has 0 aliphatic heterocycles. The molecule has 0 saturated carbocycles. The van der Waals surface area contributed by atoms with Crippen molar-refractivity contribution in [2.75, 3.05) is 25.0 Å². The molecule has 0 unspecified atom stereocenters. The van der Waals surface area contributed by atoms with Crippen LogP contribution in [0.3, 0.4) is 0 Å². The molecule has 0 saturated heterocycles. The maximum absolute atomic E-state index is 12.3. The van der Waals surface area contributed by atoms with Gasteiger partial charge in [-0.1, -0.05) is 30.3 Å². The van der Waals surface area contributed by atoms with Crippen molar-refractivity contribution >= 4 is 17.3 Å². The van der Waals surface area contributed by atoms with E-state index in [4.69, 9.17) is 0 Å². The number of aliphatic hydroxyl groups is 1. The van der Waals surface area contributed by atoms with Crippen LogP contribution in [0.25, 0.3) is 0 Å². The number of amides is 1. The molecule has 7 nitrogen and oxygen atoms in total. The quantitative estimate of drug-likeness (QED) is 0.566. The summed E-state index contributed by atoms with van der Waals surface area (Å²) in [6.45, 7) is 2.70. The number of carbonyl (C=O) groups is 1. The summed E-state index contributed by atoms with van der Waals surface area (Å²) in [5, 5.41) is 22.7. The molecule has 0 heterocycles. The van der Waals surface area contributed by atoms with Gasteiger partial charge in [-0.05, 0) is 24.1 Å². The zero-order valence-corrected chi connectivity index (χ0v) is 14.0. The monoisotopic (exact) mass is 343 g/mol. The van der Waals surface area contributed by atoms with Gasteiger partial charge >= 0.3 is 0 Å². The smallest absolute Gasteiger partial charge is 0.269 e. The molecule has 2 N–H and O–H groups in total. The highest BCUT2D eigenvalue weighted by Gasteiger charge is 2.14. The van der Waals surface area contributed by atoms with Crippen molar-refractivity contribution in [1.82, 2.24) is 4.90 Å². The average molecular weight is 343 g/mol. The Hall–Kier alpha value is -2.77. The molecule has 0 bridgehead atoms. The van der Waals surface area contributed by atoms with E-state index >= 15 is 0 Å². The Balaban J connectivity index is 2.00. The van der Waals surface area contributed by atoms with E-state index in [1.807, 2.05) is 35.2 Å². The Labute approximate surface area is 146 Å². The van der Waals surface area contributed by atoms with Crippen LogP contribution < -0.4 is 5.32 Å². The second kappa shape index (κ2) is 8.91. The predicted molar refractivity (Wildman–Crippen MR) is 95.3 cm³/mol. The molecule has 1 amide bonds. The number of anilines is 1. The summed E-state index contributed by atoms with van der Waals surface area (Å²) >= 11 is 0. The number of aryl methyl sites for hydroxylation is 1. The molecule has 0 atom stereocenters. The SMILES string of the molecule is Cc1cc([N+](=O)[O-])ccc1NC(=O)CN(CCO)Cc1ccccc1. The fourth-order valence-electron chi connectivity index (χ4n) is 2.49. The maximum Gasteiger partial charge on any atom is 0.269 e. The molecule has 2 aromatic rings. The molecule has 25 heavy (non-hydrogen) atoms. The van der Waals surface area contributed by atoms with Gasteiger partial charge in [-0.25, -0.2) is 0 Å². The number of aliphatic hydroxyl groups excluding tert-OH is 1. The van der Waals surface area contributed by atoms with Crippen LogP contribution in [0, 0.1) is 17.0 Å². The molecule has 7 heteroatoms. The lowest BCUT2D eigenvalue weighted by molar-refractivity contribution is -0.384. The second-order valence-electron chi connectivity index (χ2n) is 5.72. The summed E-state index contributed by atoms with van der Waals surface area (Å²) in [6.07, 6.45) is 0. The normalized spacial score (nSPS) is 10.7. The minimum Gasteiger partial charge on any atom is -0.395 e. The Morgan fingerprint density at radius 3 is 2.56 bits per heavy atom. The summed E-state index contributed by atoms with van der Waals surface area (Å²) < 4.78 is 0. The molecular formula is C18H21N3O4. The molecule has 2 aromatic carbocycles. The van der Waals surface area contributed by atoms with E-state index in [0.717, 1.165) is 5.56 Å². The van der Waals surface area contributed by atoms with Crippen LogP contribution >= 0.6 is 0 Å². The first-order valence-electron chi connectivity index (χ1n) is 7.91. The van der Waals surface area contributed by atoms with E-state index < -0.39 is 4.92 Å².